The zero-order valence-corrected chi connectivity index (χ0v) is 19.2. The minimum Gasteiger partial charge on any atom is -0.381 e. The second-order valence-corrected chi connectivity index (χ2v) is 8.69. The lowest BCUT2D eigenvalue weighted by atomic mass is 9.94. The number of pyridine rings is 1. The van der Waals surface area contributed by atoms with Crippen molar-refractivity contribution < 1.29 is 9.59 Å². The second-order valence-electron chi connectivity index (χ2n) is 8.69. The highest BCUT2D eigenvalue weighted by Gasteiger charge is 2.24. The molecule has 2 heterocycles. The fourth-order valence-electron chi connectivity index (χ4n) is 4.47. The Morgan fingerprint density at radius 3 is 2.69 bits per heavy atom. The first kappa shape index (κ1) is 22.0. The number of aryl methyl sites for hydroxylation is 2. The van der Waals surface area contributed by atoms with Crippen molar-refractivity contribution in [3.05, 3.63) is 52.8 Å². The van der Waals surface area contributed by atoms with E-state index in [0.29, 0.717) is 30.7 Å². The number of hydrogen-bond donors (Lipinski definition) is 2. The average Bonchev–Trinajstić information content (AvgIpc) is 3.21. The van der Waals surface area contributed by atoms with Crippen molar-refractivity contribution in [1.29, 1.82) is 0 Å². The van der Waals surface area contributed by atoms with Crippen molar-refractivity contribution >= 4 is 28.4 Å². The van der Waals surface area contributed by atoms with Crippen LogP contribution in [-0.4, -0.2) is 32.5 Å². The summed E-state index contributed by atoms with van der Waals surface area (Å²) >= 11 is 0. The molecule has 0 radical (unpaired) electrons. The zero-order valence-electron chi connectivity index (χ0n) is 19.2. The predicted octanol–water partition coefficient (Wildman–Crippen LogP) is 4.48. The summed E-state index contributed by atoms with van der Waals surface area (Å²) in [6.45, 7) is 8.87. The minimum absolute atomic E-state index is 0.142. The van der Waals surface area contributed by atoms with Gasteiger partial charge in [-0.15, -0.1) is 0 Å². The maximum Gasteiger partial charge on any atom is 0.255 e. The Hall–Kier alpha value is -3.22. The third-order valence-electron chi connectivity index (χ3n) is 6.56. The molecule has 2 aromatic heterocycles. The van der Waals surface area contributed by atoms with Gasteiger partial charge in [-0.25, -0.2) is 9.67 Å². The second kappa shape index (κ2) is 9.10. The lowest BCUT2D eigenvalue weighted by Crippen LogP contribution is -2.30. The number of carbonyl (C=O) groups is 2. The van der Waals surface area contributed by atoms with Crippen molar-refractivity contribution in [2.75, 3.05) is 5.32 Å². The SMILES string of the molecule is CCn1ncc2c(NC3CCC(=O)CC3)c(C(=O)NC(C)c3cccc(C)c3C)cnc21. The minimum atomic E-state index is -0.175. The first-order chi connectivity index (χ1) is 15.4. The Bertz CT molecular complexity index is 1160. The molecule has 1 saturated carbocycles. The number of aromatic nitrogens is 3. The zero-order chi connectivity index (χ0) is 22.8. The lowest BCUT2D eigenvalue weighted by Gasteiger charge is -2.25. The summed E-state index contributed by atoms with van der Waals surface area (Å²) in [7, 11) is 0. The van der Waals surface area contributed by atoms with Crippen LogP contribution in [0.1, 0.15) is 72.6 Å². The topological polar surface area (TPSA) is 88.9 Å². The van der Waals surface area contributed by atoms with Crippen molar-refractivity contribution in [3.8, 4) is 0 Å². The van der Waals surface area contributed by atoms with Crippen molar-refractivity contribution in [1.82, 2.24) is 20.1 Å². The number of Topliss-reactive ketones (excluding diaryl/α,β-unsaturated/α-hetero) is 1. The number of rotatable bonds is 6. The van der Waals surface area contributed by atoms with Gasteiger partial charge in [0.05, 0.1) is 28.9 Å². The van der Waals surface area contributed by atoms with E-state index >= 15 is 0 Å². The van der Waals surface area contributed by atoms with E-state index in [0.717, 1.165) is 35.1 Å². The third-order valence-corrected chi connectivity index (χ3v) is 6.56. The molecular formula is C25H31N5O2. The van der Waals surface area contributed by atoms with Crippen LogP contribution in [-0.2, 0) is 11.3 Å². The van der Waals surface area contributed by atoms with Gasteiger partial charge in [-0.1, -0.05) is 18.2 Å². The Kier molecular flexibility index (Phi) is 6.26. The van der Waals surface area contributed by atoms with Crippen molar-refractivity contribution in [2.24, 2.45) is 0 Å². The maximum absolute atomic E-state index is 13.4. The fraction of sp³-hybridized carbons (Fsp3) is 0.440. The summed E-state index contributed by atoms with van der Waals surface area (Å²) in [6, 6.07) is 6.15. The van der Waals surface area contributed by atoms with E-state index in [1.165, 1.54) is 11.1 Å². The molecule has 7 heteroatoms. The number of benzene rings is 1. The molecule has 0 aliphatic heterocycles. The lowest BCUT2D eigenvalue weighted by molar-refractivity contribution is -0.120. The number of fused-ring (bicyclic) bond motifs is 1. The number of carbonyl (C=O) groups excluding carboxylic acids is 2. The monoisotopic (exact) mass is 433 g/mol. The van der Waals surface area contributed by atoms with Crippen LogP contribution in [0.15, 0.2) is 30.6 Å². The number of anilines is 1. The van der Waals surface area contributed by atoms with E-state index in [2.05, 4.69) is 46.7 Å². The van der Waals surface area contributed by atoms with Crippen LogP contribution in [0.5, 0.6) is 0 Å². The number of hydrogen-bond acceptors (Lipinski definition) is 5. The molecule has 0 saturated heterocycles. The Balaban J connectivity index is 1.66. The Morgan fingerprint density at radius 1 is 1.22 bits per heavy atom. The molecule has 1 unspecified atom stereocenters. The number of nitrogens with one attached hydrogen (secondary N) is 2. The normalized spacial score (nSPS) is 15.7. The standard InChI is InChI=1S/C25H31N5O2/c1-5-30-24-21(14-27-30)23(29-18-9-11-19(31)12-10-18)22(13-26-24)25(32)28-17(4)20-8-6-7-15(2)16(20)3/h6-8,13-14,17-18H,5,9-12H2,1-4H3,(H,26,29)(H,28,32). The summed E-state index contributed by atoms with van der Waals surface area (Å²) < 4.78 is 1.82. The molecule has 3 aromatic rings. The van der Waals surface area contributed by atoms with Gasteiger partial charge >= 0.3 is 0 Å². The highest BCUT2D eigenvalue weighted by Crippen LogP contribution is 2.30. The number of ketones is 1. The quantitative estimate of drug-likeness (QED) is 0.598. The smallest absolute Gasteiger partial charge is 0.255 e. The highest BCUT2D eigenvalue weighted by atomic mass is 16.1. The molecule has 4 rings (SSSR count). The molecule has 1 atom stereocenters. The third kappa shape index (κ3) is 4.24. The molecule has 1 aromatic carbocycles. The fourth-order valence-corrected chi connectivity index (χ4v) is 4.47. The predicted molar refractivity (Wildman–Crippen MR) is 126 cm³/mol. The van der Waals surface area contributed by atoms with Gasteiger partial charge < -0.3 is 10.6 Å². The Labute approximate surface area is 188 Å². The van der Waals surface area contributed by atoms with Crippen LogP contribution < -0.4 is 10.6 Å². The number of amides is 1. The average molecular weight is 434 g/mol. The van der Waals surface area contributed by atoms with E-state index in [-0.39, 0.29) is 18.0 Å². The van der Waals surface area contributed by atoms with Gasteiger partial charge in [-0.05, 0) is 57.2 Å². The van der Waals surface area contributed by atoms with Gasteiger partial charge in [0, 0.05) is 31.6 Å². The Morgan fingerprint density at radius 2 is 1.97 bits per heavy atom. The molecule has 1 fully saturated rings. The van der Waals surface area contributed by atoms with Gasteiger partial charge in [-0.2, -0.15) is 5.10 Å². The summed E-state index contributed by atoms with van der Waals surface area (Å²) in [5, 5.41) is 12.0. The highest BCUT2D eigenvalue weighted by molar-refractivity contribution is 6.06. The van der Waals surface area contributed by atoms with Gasteiger partial charge in [0.25, 0.3) is 5.91 Å². The molecule has 1 aliphatic rings. The molecule has 168 valence electrons. The van der Waals surface area contributed by atoms with E-state index in [9.17, 15) is 9.59 Å². The van der Waals surface area contributed by atoms with E-state index in [1.807, 2.05) is 24.6 Å². The number of nitrogens with zero attached hydrogens (tertiary/aromatic N) is 3. The van der Waals surface area contributed by atoms with Crippen LogP contribution in [0.2, 0.25) is 0 Å². The van der Waals surface area contributed by atoms with E-state index in [1.54, 1.807) is 12.4 Å². The first-order valence-corrected chi connectivity index (χ1v) is 11.4. The van der Waals surface area contributed by atoms with Crippen LogP contribution >= 0.6 is 0 Å². The molecular weight excluding hydrogens is 402 g/mol. The van der Waals surface area contributed by atoms with Gasteiger partial charge in [0.2, 0.25) is 0 Å². The van der Waals surface area contributed by atoms with Gasteiger partial charge in [0.15, 0.2) is 5.65 Å². The summed E-state index contributed by atoms with van der Waals surface area (Å²) in [6.07, 6.45) is 6.09. The van der Waals surface area contributed by atoms with Crippen LogP contribution in [0.3, 0.4) is 0 Å². The summed E-state index contributed by atoms with van der Waals surface area (Å²) in [5.41, 5.74) is 5.49. The van der Waals surface area contributed by atoms with Crippen LogP contribution in [0.4, 0.5) is 5.69 Å². The summed E-state index contributed by atoms with van der Waals surface area (Å²) in [5.74, 6) is 0.133. The van der Waals surface area contributed by atoms with Gasteiger partial charge in [-0.3, -0.25) is 9.59 Å². The van der Waals surface area contributed by atoms with E-state index < -0.39 is 0 Å². The van der Waals surface area contributed by atoms with Crippen molar-refractivity contribution in [3.63, 3.8) is 0 Å². The summed E-state index contributed by atoms with van der Waals surface area (Å²) in [4.78, 5) is 29.6. The molecule has 2 N–H and O–H groups in total. The molecule has 32 heavy (non-hydrogen) atoms. The molecule has 7 nitrogen and oxygen atoms in total. The molecule has 0 spiro atoms. The largest absolute Gasteiger partial charge is 0.381 e. The molecule has 1 aliphatic carbocycles. The maximum atomic E-state index is 13.4. The first-order valence-electron chi connectivity index (χ1n) is 11.4. The van der Waals surface area contributed by atoms with E-state index in [4.69, 9.17) is 0 Å². The van der Waals surface area contributed by atoms with Crippen molar-refractivity contribution in [2.45, 2.75) is 72.0 Å². The van der Waals surface area contributed by atoms with Crippen LogP contribution in [0.25, 0.3) is 11.0 Å². The molecule has 1 amide bonds. The van der Waals surface area contributed by atoms with Gasteiger partial charge in [0.1, 0.15) is 5.78 Å². The molecule has 0 bridgehead atoms. The van der Waals surface area contributed by atoms with Crippen LogP contribution in [0, 0.1) is 13.8 Å².